The van der Waals surface area contributed by atoms with E-state index in [0.717, 1.165) is 50.5 Å². The molecule has 0 saturated carbocycles. The van der Waals surface area contributed by atoms with Crippen LogP contribution in [0.3, 0.4) is 0 Å². The van der Waals surface area contributed by atoms with Gasteiger partial charge < -0.3 is 19.3 Å². The van der Waals surface area contributed by atoms with Crippen molar-refractivity contribution in [3.8, 4) is 11.5 Å². The first-order valence-electron chi connectivity index (χ1n) is 9.24. The summed E-state index contributed by atoms with van der Waals surface area (Å²) in [5.41, 5.74) is 5.65. The molecule has 5 rings (SSSR count). The van der Waals surface area contributed by atoms with Crippen LogP contribution in [-0.2, 0) is 13.0 Å². The maximum Gasteiger partial charge on any atom is 0.163 e. The molecule has 1 spiro atoms. The van der Waals surface area contributed by atoms with Crippen LogP contribution in [0.15, 0.2) is 36.4 Å². The molecule has 0 aromatic heterocycles. The second-order valence-corrected chi connectivity index (χ2v) is 7.29. The van der Waals surface area contributed by atoms with Gasteiger partial charge >= 0.3 is 0 Å². The standard InChI is InChI=1S/C21H24N2O2/c1-3-4-9-25-20-11-18-16(10-19(20)24-2)13-22-17-8-6-5-7-15(17)12-21(22)14-23(18)21/h5-8,10-11H,3-4,9,12-14H2,1-2H3/t21-,23?/m1/s1. The van der Waals surface area contributed by atoms with E-state index in [-0.39, 0.29) is 5.66 Å². The van der Waals surface area contributed by atoms with Crippen molar-refractivity contribution < 1.29 is 9.47 Å². The van der Waals surface area contributed by atoms with E-state index in [4.69, 9.17) is 9.47 Å². The lowest BCUT2D eigenvalue weighted by Crippen LogP contribution is -2.42. The second kappa shape index (κ2) is 5.32. The van der Waals surface area contributed by atoms with E-state index >= 15 is 0 Å². The van der Waals surface area contributed by atoms with Gasteiger partial charge in [0, 0.05) is 30.4 Å². The van der Waals surface area contributed by atoms with Gasteiger partial charge in [0.05, 0.1) is 20.3 Å². The van der Waals surface area contributed by atoms with Crippen molar-refractivity contribution in [1.29, 1.82) is 0 Å². The Balaban J connectivity index is 1.52. The first-order valence-corrected chi connectivity index (χ1v) is 9.24. The minimum atomic E-state index is 0.159. The Labute approximate surface area is 149 Å². The van der Waals surface area contributed by atoms with Crippen LogP contribution in [0.4, 0.5) is 11.4 Å². The Morgan fingerprint density at radius 3 is 2.76 bits per heavy atom. The Morgan fingerprint density at radius 2 is 1.92 bits per heavy atom. The Morgan fingerprint density at radius 1 is 1.04 bits per heavy atom. The van der Waals surface area contributed by atoms with E-state index in [1.807, 2.05) is 0 Å². The van der Waals surface area contributed by atoms with Gasteiger partial charge in [-0.25, -0.2) is 0 Å². The first kappa shape index (κ1) is 14.9. The molecule has 2 aromatic carbocycles. The molecule has 3 aliphatic heterocycles. The summed E-state index contributed by atoms with van der Waals surface area (Å²) in [7, 11) is 1.73. The number of nitrogens with zero attached hydrogens (tertiary/aromatic N) is 2. The van der Waals surface area contributed by atoms with Crippen LogP contribution in [0.1, 0.15) is 30.9 Å². The van der Waals surface area contributed by atoms with Crippen LogP contribution in [0.2, 0.25) is 0 Å². The van der Waals surface area contributed by atoms with Gasteiger partial charge in [-0.1, -0.05) is 31.5 Å². The molecule has 4 nitrogen and oxygen atoms in total. The number of fused-ring (bicyclic) bond motifs is 4. The monoisotopic (exact) mass is 336 g/mol. The molecule has 0 unspecified atom stereocenters. The van der Waals surface area contributed by atoms with Crippen LogP contribution in [0.25, 0.3) is 0 Å². The minimum Gasteiger partial charge on any atom is -0.493 e. The lowest BCUT2D eigenvalue weighted by molar-refractivity contribution is 0.288. The van der Waals surface area contributed by atoms with E-state index in [2.05, 4.69) is 53.1 Å². The fraction of sp³-hybridized carbons (Fsp3) is 0.429. The fourth-order valence-electron chi connectivity index (χ4n) is 4.43. The molecule has 2 aromatic rings. The number of hydrogen-bond donors (Lipinski definition) is 0. The third-order valence-electron chi connectivity index (χ3n) is 5.81. The molecular weight excluding hydrogens is 312 g/mol. The lowest BCUT2D eigenvalue weighted by atomic mass is 10.1. The number of anilines is 2. The van der Waals surface area contributed by atoms with Crippen LogP contribution < -0.4 is 19.3 Å². The summed E-state index contributed by atoms with van der Waals surface area (Å²) in [5.74, 6) is 1.72. The van der Waals surface area contributed by atoms with Gasteiger partial charge in [0.2, 0.25) is 0 Å². The SMILES string of the molecule is CCCCOc1cc2c(cc1OC)CN1c3ccccc3C[C@@]13CN23. The van der Waals surface area contributed by atoms with Gasteiger partial charge in [-0.05, 0) is 29.7 Å². The summed E-state index contributed by atoms with van der Waals surface area (Å²) in [4.78, 5) is 5.10. The number of hydrogen-bond acceptors (Lipinski definition) is 4. The Kier molecular flexibility index (Phi) is 3.18. The Bertz CT molecular complexity index is 835. The number of ether oxygens (including phenoxy) is 2. The van der Waals surface area contributed by atoms with Gasteiger partial charge in [-0.3, -0.25) is 0 Å². The van der Waals surface area contributed by atoms with Crippen molar-refractivity contribution >= 4 is 11.4 Å². The molecule has 0 bridgehead atoms. The smallest absolute Gasteiger partial charge is 0.163 e. The highest BCUT2D eigenvalue weighted by Gasteiger charge is 2.62. The van der Waals surface area contributed by atoms with Gasteiger partial charge in [0.1, 0.15) is 5.66 Å². The molecule has 0 amide bonds. The van der Waals surface area contributed by atoms with Crippen molar-refractivity contribution in [2.45, 2.75) is 38.4 Å². The largest absolute Gasteiger partial charge is 0.493 e. The molecule has 4 heteroatoms. The average molecular weight is 336 g/mol. The molecule has 1 fully saturated rings. The maximum absolute atomic E-state index is 6.01. The van der Waals surface area contributed by atoms with E-state index in [1.54, 1.807) is 7.11 Å². The van der Waals surface area contributed by atoms with Gasteiger partial charge in [0.15, 0.2) is 11.5 Å². The van der Waals surface area contributed by atoms with Crippen LogP contribution in [0, 0.1) is 0 Å². The summed E-state index contributed by atoms with van der Waals surface area (Å²) >= 11 is 0. The number of methoxy groups -OCH3 is 1. The summed E-state index contributed by atoms with van der Waals surface area (Å²) < 4.78 is 11.6. The molecule has 0 N–H and O–H groups in total. The van der Waals surface area contributed by atoms with Gasteiger partial charge in [0.25, 0.3) is 0 Å². The maximum atomic E-state index is 6.01. The lowest BCUT2D eigenvalue weighted by Gasteiger charge is -2.34. The fourth-order valence-corrected chi connectivity index (χ4v) is 4.43. The predicted octanol–water partition coefficient (Wildman–Crippen LogP) is 3.97. The molecule has 1 atom stereocenters. The molecular formula is C21H24N2O2. The molecule has 25 heavy (non-hydrogen) atoms. The summed E-state index contributed by atoms with van der Waals surface area (Å²) in [6.45, 7) is 4.96. The van der Waals surface area contributed by atoms with Crippen LogP contribution >= 0.6 is 0 Å². The topological polar surface area (TPSA) is 24.7 Å². The average Bonchev–Trinajstić information content (AvgIpc) is 3.28. The zero-order chi connectivity index (χ0) is 17.0. The summed E-state index contributed by atoms with van der Waals surface area (Å²) in [5, 5.41) is 0. The zero-order valence-electron chi connectivity index (χ0n) is 14.9. The molecule has 3 heterocycles. The van der Waals surface area contributed by atoms with Crippen molar-refractivity contribution in [3.05, 3.63) is 47.5 Å². The third kappa shape index (κ3) is 2.06. The normalized spacial score (nSPS) is 22.0. The molecule has 130 valence electrons. The van der Waals surface area contributed by atoms with E-state index < -0.39 is 0 Å². The highest BCUT2D eigenvalue weighted by Crippen LogP contribution is 2.57. The number of benzene rings is 2. The molecule has 1 saturated heterocycles. The summed E-state index contributed by atoms with van der Waals surface area (Å²) in [6, 6.07) is 13.2. The molecule has 3 aliphatic rings. The van der Waals surface area contributed by atoms with Crippen LogP contribution in [-0.4, -0.2) is 25.9 Å². The van der Waals surface area contributed by atoms with Gasteiger partial charge in [-0.2, -0.15) is 0 Å². The Hall–Kier alpha value is -2.36. The zero-order valence-corrected chi connectivity index (χ0v) is 14.9. The highest BCUT2D eigenvalue weighted by atomic mass is 16.5. The van der Waals surface area contributed by atoms with Crippen molar-refractivity contribution in [2.24, 2.45) is 0 Å². The van der Waals surface area contributed by atoms with E-state index in [9.17, 15) is 0 Å². The third-order valence-corrected chi connectivity index (χ3v) is 5.81. The highest BCUT2D eigenvalue weighted by molar-refractivity contribution is 5.79. The number of rotatable bonds is 5. The van der Waals surface area contributed by atoms with Crippen LogP contribution in [0.5, 0.6) is 11.5 Å². The predicted molar refractivity (Wildman–Crippen MR) is 99.8 cm³/mol. The van der Waals surface area contributed by atoms with Crippen molar-refractivity contribution in [3.63, 3.8) is 0 Å². The second-order valence-electron chi connectivity index (χ2n) is 7.29. The summed E-state index contributed by atoms with van der Waals surface area (Å²) in [6.07, 6.45) is 3.31. The first-order chi connectivity index (χ1) is 12.3. The van der Waals surface area contributed by atoms with Gasteiger partial charge in [-0.15, -0.1) is 0 Å². The number of unbranched alkanes of at least 4 members (excludes halogenated alkanes) is 1. The molecule has 0 aliphatic carbocycles. The van der Waals surface area contributed by atoms with E-state index in [1.165, 1.54) is 22.5 Å². The van der Waals surface area contributed by atoms with Crippen molar-refractivity contribution in [1.82, 2.24) is 0 Å². The van der Waals surface area contributed by atoms with Crippen molar-refractivity contribution in [2.75, 3.05) is 30.1 Å². The molecule has 0 radical (unpaired) electrons. The van der Waals surface area contributed by atoms with E-state index in [0.29, 0.717) is 0 Å². The minimum absolute atomic E-state index is 0.159. The quantitative estimate of drug-likeness (QED) is 0.609. The number of para-hydroxylation sites is 1.